The molecule has 0 aliphatic rings. The first-order valence-corrected chi connectivity index (χ1v) is 5.66. The molecule has 4 nitrogen and oxygen atoms in total. The highest BCUT2D eigenvalue weighted by molar-refractivity contribution is 6.07. The first kappa shape index (κ1) is 13.4. The molecule has 0 radical (unpaired) electrons. The zero-order valence-corrected chi connectivity index (χ0v) is 10.2. The van der Waals surface area contributed by atoms with Crippen LogP contribution in [-0.4, -0.2) is 24.3 Å². The number of amides is 1. The van der Waals surface area contributed by atoms with E-state index in [4.69, 9.17) is 5.73 Å². The predicted octanol–water partition coefficient (Wildman–Crippen LogP) is 1.36. The molecule has 17 heavy (non-hydrogen) atoms. The van der Waals surface area contributed by atoms with Crippen molar-refractivity contribution >= 4 is 11.7 Å². The maximum absolute atomic E-state index is 11.8. The summed E-state index contributed by atoms with van der Waals surface area (Å²) < 4.78 is 0. The van der Waals surface area contributed by atoms with E-state index in [2.05, 4.69) is 5.32 Å². The summed E-state index contributed by atoms with van der Waals surface area (Å²) in [6, 6.07) is 6.85. The number of nitrogens with one attached hydrogen (secondary N) is 1. The van der Waals surface area contributed by atoms with E-state index in [9.17, 15) is 9.59 Å². The van der Waals surface area contributed by atoms with Gasteiger partial charge in [0.1, 0.15) is 0 Å². The van der Waals surface area contributed by atoms with Crippen LogP contribution >= 0.6 is 0 Å². The van der Waals surface area contributed by atoms with Crippen LogP contribution in [0.5, 0.6) is 0 Å². The average molecular weight is 234 g/mol. The molecule has 1 unspecified atom stereocenters. The molecule has 0 spiro atoms. The number of hydrogen-bond donors (Lipinski definition) is 2. The van der Waals surface area contributed by atoms with Gasteiger partial charge in [0.2, 0.25) is 0 Å². The van der Waals surface area contributed by atoms with Crippen molar-refractivity contribution in [1.82, 2.24) is 5.32 Å². The van der Waals surface area contributed by atoms with Crippen LogP contribution in [0.15, 0.2) is 24.3 Å². The monoisotopic (exact) mass is 234 g/mol. The molecule has 4 heteroatoms. The van der Waals surface area contributed by atoms with E-state index < -0.39 is 0 Å². The van der Waals surface area contributed by atoms with E-state index in [-0.39, 0.29) is 17.7 Å². The molecule has 0 saturated carbocycles. The van der Waals surface area contributed by atoms with Crippen molar-refractivity contribution in [3.05, 3.63) is 35.4 Å². The van der Waals surface area contributed by atoms with Crippen molar-refractivity contribution in [1.29, 1.82) is 0 Å². The van der Waals surface area contributed by atoms with Crippen molar-refractivity contribution in [3.8, 4) is 0 Å². The first-order valence-electron chi connectivity index (χ1n) is 5.66. The van der Waals surface area contributed by atoms with Crippen LogP contribution in [0.3, 0.4) is 0 Å². The van der Waals surface area contributed by atoms with Gasteiger partial charge in [-0.2, -0.15) is 0 Å². The molecule has 3 N–H and O–H groups in total. The number of nitrogens with two attached hydrogens (primary N) is 1. The summed E-state index contributed by atoms with van der Waals surface area (Å²) in [5.41, 5.74) is 6.46. The van der Waals surface area contributed by atoms with Crippen LogP contribution in [0.4, 0.5) is 0 Å². The summed E-state index contributed by atoms with van der Waals surface area (Å²) in [6.07, 6.45) is 0.716. The van der Waals surface area contributed by atoms with Gasteiger partial charge in [-0.05, 0) is 26.3 Å². The Hall–Kier alpha value is -1.68. The second kappa shape index (κ2) is 6.15. The largest absolute Gasteiger partial charge is 0.352 e. The Morgan fingerprint density at radius 1 is 1.29 bits per heavy atom. The molecule has 0 bridgehead atoms. The molecular weight excluding hydrogens is 216 g/mol. The molecular formula is C13H18N2O2. The van der Waals surface area contributed by atoms with E-state index in [1.165, 1.54) is 6.92 Å². The summed E-state index contributed by atoms with van der Waals surface area (Å²) >= 11 is 0. The molecule has 0 aliphatic heterocycles. The quantitative estimate of drug-likeness (QED) is 0.755. The minimum Gasteiger partial charge on any atom is -0.352 e. The Labute approximate surface area is 101 Å². The zero-order valence-electron chi connectivity index (χ0n) is 10.2. The molecule has 92 valence electrons. The Morgan fingerprint density at radius 3 is 2.41 bits per heavy atom. The zero-order chi connectivity index (χ0) is 12.8. The maximum Gasteiger partial charge on any atom is 0.252 e. The van der Waals surface area contributed by atoms with Crippen molar-refractivity contribution in [2.75, 3.05) is 6.54 Å². The van der Waals surface area contributed by atoms with Gasteiger partial charge in [0.25, 0.3) is 5.91 Å². The Kier molecular flexibility index (Phi) is 4.84. The average Bonchev–Trinajstić information content (AvgIpc) is 2.28. The van der Waals surface area contributed by atoms with Crippen molar-refractivity contribution in [3.63, 3.8) is 0 Å². The number of carbonyl (C=O) groups is 2. The lowest BCUT2D eigenvalue weighted by Crippen LogP contribution is -2.29. The lowest BCUT2D eigenvalue weighted by molar-refractivity contribution is 0.0938. The van der Waals surface area contributed by atoms with Gasteiger partial charge in [-0.3, -0.25) is 9.59 Å². The molecule has 0 aliphatic carbocycles. The third-order valence-electron chi connectivity index (χ3n) is 2.44. The fraction of sp³-hybridized carbons (Fsp3) is 0.385. The molecule has 0 heterocycles. The number of carbonyl (C=O) groups excluding carboxylic acids is 2. The third kappa shape index (κ3) is 4.00. The van der Waals surface area contributed by atoms with Crippen molar-refractivity contribution in [2.24, 2.45) is 5.73 Å². The number of rotatable bonds is 5. The molecule has 1 rings (SSSR count). The van der Waals surface area contributed by atoms with E-state index in [0.29, 0.717) is 24.1 Å². The highest BCUT2D eigenvalue weighted by Crippen LogP contribution is 2.09. The molecule has 1 atom stereocenters. The van der Waals surface area contributed by atoms with Gasteiger partial charge in [0, 0.05) is 18.2 Å². The van der Waals surface area contributed by atoms with Crippen LogP contribution in [0, 0.1) is 0 Å². The molecule has 1 amide bonds. The molecule has 0 saturated heterocycles. The van der Waals surface area contributed by atoms with Gasteiger partial charge in [0.05, 0.1) is 5.56 Å². The third-order valence-corrected chi connectivity index (χ3v) is 2.44. The summed E-state index contributed by atoms with van der Waals surface area (Å²) in [7, 11) is 0. The van der Waals surface area contributed by atoms with Gasteiger partial charge in [-0.15, -0.1) is 0 Å². The SMILES string of the molecule is CC(=O)c1ccccc1C(=O)NCCC(C)N. The van der Waals surface area contributed by atoms with Crippen molar-refractivity contribution < 1.29 is 9.59 Å². The van der Waals surface area contributed by atoms with Gasteiger partial charge in [-0.25, -0.2) is 0 Å². The van der Waals surface area contributed by atoms with Crippen LogP contribution in [-0.2, 0) is 0 Å². The lowest BCUT2D eigenvalue weighted by Gasteiger charge is -2.09. The topological polar surface area (TPSA) is 72.2 Å². The second-order valence-electron chi connectivity index (χ2n) is 4.12. The van der Waals surface area contributed by atoms with E-state index in [1.54, 1.807) is 24.3 Å². The number of Topliss-reactive ketones (excluding diaryl/α,β-unsaturated/α-hetero) is 1. The summed E-state index contributed by atoms with van der Waals surface area (Å²) in [5, 5.41) is 2.75. The Bertz CT molecular complexity index is 414. The van der Waals surface area contributed by atoms with Gasteiger partial charge in [0.15, 0.2) is 5.78 Å². The normalized spacial score (nSPS) is 11.9. The van der Waals surface area contributed by atoms with Gasteiger partial charge < -0.3 is 11.1 Å². The van der Waals surface area contributed by atoms with E-state index in [0.717, 1.165) is 0 Å². The molecule has 1 aromatic carbocycles. The minimum absolute atomic E-state index is 0.0540. The molecule has 0 aromatic heterocycles. The highest BCUT2D eigenvalue weighted by atomic mass is 16.2. The van der Waals surface area contributed by atoms with Gasteiger partial charge in [-0.1, -0.05) is 18.2 Å². The van der Waals surface area contributed by atoms with Gasteiger partial charge >= 0.3 is 0 Å². The van der Waals surface area contributed by atoms with Crippen LogP contribution in [0.25, 0.3) is 0 Å². The standard InChI is InChI=1S/C13H18N2O2/c1-9(14)7-8-15-13(17)12-6-4-3-5-11(12)10(2)16/h3-6,9H,7-8,14H2,1-2H3,(H,15,17). The number of ketones is 1. The van der Waals surface area contributed by atoms with Crippen LogP contribution < -0.4 is 11.1 Å². The summed E-state index contributed by atoms with van der Waals surface area (Å²) in [5.74, 6) is -0.334. The number of benzene rings is 1. The first-order chi connectivity index (χ1) is 8.02. The fourth-order valence-electron chi connectivity index (χ4n) is 1.50. The van der Waals surface area contributed by atoms with Crippen LogP contribution in [0.2, 0.25) is 0 Å². The summed E-state index contributed by atoms with van der Waals surface area (Å²) in [4.78, 5) is 23.2. The molecule has 0 fully saturated rings. The minimum atomic E-state index is -0.226. The predicted molar refractivity (Wildman–Crippen MR) is 67.0 cm³/mol. The second-order valence-corrected chi connectivity index (χ2v) is 4.12. The van der Waals surface area contributed by atoms with E-state index >= 15 is 0 Å². The lowest BCUT2D eigenvalue weighted by atomic mass is 10.0. The number of hydrogen-bond acceptors (Lipinski definition) is 3. The maximum atomic E-state index is 11.8. The Balaban J connectivity index is 2.72. The fourth-order valence-corrected chi connectivity index (χ4v) is 1.50. The molecule has 1 aromatic rings. The summed E-state index contributed by atoms with van der Waals surface area (Å²) in [6.45, 7) is 3.85. The van der Waals surface area contributed by atoms with Crippen LogP contribution in [0.1, 0.15) is 41.0 Å². The van der Waals surface area contributed by atoms with Crippen molar-refractivity contribution in [2.45, 2.75) is 26.3 Å². The smallest absolute Gasteiger partial charge is 0.252 e. The Morgan fingerprint density at radius 2 is 1.88 bits per heavy atom. The highest BCUT2D eigenvalue weighted by Gasteiger charge is 2.12. The van der Waals surface area contributed by atoms with E-state index in [1.807, 2.05) is 6.92 Å².